The van der Waals surface area contributed by atoms with E-state index < -0.39 is 6.10 Å². The molecule has 0 aliphatic heterocycles. The number of carbonyl (C=O) groups is 1. The second-order valence-electron chi connectivity index (χ2n) is 3.17. The molecule has 64 valence electrons. The topological polar surface area (TPSA) is 57.5 Å². The van der Waals surface area contributed by atoms with Crippen molar-refractivity contribution in [2.45, 2.75) is 25.4 Å². The fraction of sp³-hybridized carbons (Fsp3) is 0.444. The maximum absolute atomic E-state index is 11.2. The zero-order valence-electron chi connectivity index (χ0n) is 6.58. The fourth-order valence-corrected chi connectivity index (χ4v) is 1.73. The van der Waals surface area contributed by atoms with Crippen molar-refractivity contribution in [3.63, 3.8) is 0 Å². The third-order valence-corrected chi connectivity index (χ3v) is 2.37. The molecule has 2 N–H and O–H groups in total. The first-order chi connectivity index (χ1) is 5.70. The zero-order valence-corrected chi connectivity index (χ0v) is 6.58. The van der Waals surface area contributed by atoms with Gasteiger partial charge in [0.05, 0.1) is 5.76 Å². The van der Waals surface area contributed by atoms with E-state index in [4.69, 9.17) is 0 Å². The lowest BCUT2D eigenvalue weighted by molar-refractivity contribution is -0.121. The maximum Gasteiger partial charge on any atom is 0.191 e. The molecule has 0 saturated heterocycles. The maximum atomic E-state index is 11.2. The molecule has 0 aromatic heterocycles. The van der Waals surface area contributed by atoms with E-state index in [0.29, 0.717) is 24.0 Å². The van der Waals surface area contributed by atoms with E-state index in [1.54, 1.807) is 6.08 Å². The van der Waals surface area contributed by atoms with E-state index in [1.807, 2.05) is 0 Å². The van der Waals surface area contributed by atoms with Crippen molar-refractivity contribution < 1.29 is 15.0 Å². The van der Waals surface area contributed by atoms with Crippen LogP contribution in [0.1, 0.15) is 19.3 Å². The van der Waals surface area contributed by atoms with Gasteiger partial charge in [-0.2, -0.15) is 0 Å². The highest BCUT2D eigenvalue weighted by atomic mass is 16.3. The first kappa shape index (κ1) is 7.55. The normalized spacial score (nSPS) is 28.9. The molecule has 0 spiro atoms. The highest BCUT2D eigenvalue weighted by Crippen LogP contribution is 2.34. The highest BCUT2D eigenvalue weighted by molar-refractivity contribution is 6.06. The first-order valence-electron chi connectivity index (χ1n) is 4.04. The van der Waals surface area contributed by atoms with Gasteiger partial charge in [0.15, 0.2) is 5.78 Å². The Morgan fingerprint density at radius 3 is 2.92 bits per heavy atom. The van der Waals surface area contributed by atoms with Crippen LogP contribution in [0, 0.1) is 0 Å². The number of carbonyl (C=O) groups excluding carboxylic acids is 1. The minimum Gasteiger partial charge on any atom is -0.512 e. The molecule has 3 heteroatoms. The van der Waals surface area contributed by atoms with Gasteiger partial charge in [0, 0.05) is 24.0 Å². The summed E-state index contributed by atoms with van der Waals surface area (Å²) in [5, 5.41) is 18.6. The molecule has 0 heterocycles. The highest BCUT2D eigenvalue weighted by Gasteiger charge is 2.34. The Kier molecular flexibility index (Phi) is 1.54. The molecule has 2 aliphatic rings. The van der Waals surface area contributed by atoms with E-state index in [2.05, 4.69) is 0 Å². The van der Waals surface area contributed by atoms with Crippen molar-refractivity contribution in [3.8, 4) is 0 Å². The van der Waals surface area contributed by atoms with E-state index >= 15 is 0 Å². The molecular weight excluding hydrogens is 156 g/mol. The Morgan fingerprint density at radius 1 is 1.50 bits per heavy atom. The van der Waals surface area contributed by atoms with Crippen molar-refractivity contribution in [2.75, 3.05) is 0 Å². The van der Waals surface area contributed by atoms with Gasteiger partial charge in [-0.05, 0) is 6.42 Å². The van der Waals surface area contributed by atoms with Crippen LogP contribution in [-0.2, 0) is 4.79 Å². The number of hydrogen-bond acceptors (Lipinski definition) is 3. The van der Waals surface area contributed by atoms with Gasteiger partial charge in [-0.15, -0.1) is 0 Å². The second-order valence-corrected chi connectivity index (χ2v) is 3.17. The summed E-state index contributed by atoms with van der Waals surface area (Å²) in [4.78, 5) is 11.2. The third kappa shape index (κ3) is 0.898. The number of hydrogen-bond donors (Lipinski definition) is 2. The minimum atomic E-state index is -0.925. The molecule has 0 aromatic carbocycles. The Hall–Kier alpha value is -1.09. The molecule has 0 aromatic rings. The Morgan fingerprint density at radius 2 is 2.25 bits per heavy atom. The lowest BCUT2D eigenvalue weighted by Crippen LogP contribution is -2.12. The number of rotatable bonds is 0. The van der Waals surface area contributed by atoms with Crippen LogP contribution < -0.4 is 0 Å². The lowest BCUT2D eigenvalue weighted by atomic mass is 9.99. The van der Waals surface area contributed by atoms with Crippen LogP contribution in [0.4, 0.5) is 0 Å². The fourth-order valence-electron chi connectivity index (χ4n) is 1.73. The van der Waals surface area contributed by atoms with E-state index in [-0.39, 0.29) is 18.0 Å². The van der Waals surface area contributed by atoms with Gasteiger partial charge >= 0.3 is 0 Å². The van der Waals surface area contributed by atoms with Crippen LogP contribution in [0.2, 0.25) is 0 Å². The Labute approximate surface area is 70.0 Å². The molecule has 12 heavy (non-hydrogen) atoms. The van der Waals surface area contributed by atoms with Crippen LogP contribution in [0.15, 0.2) is 23.0 Å². The van der Waals surface area contributed by atoms with Crippen LogP contribution in [-0.4, -0.2) is 22.1 Å². The summed E-state index contributed by atoms with van der Waals surface area (Å²) < 4.78 is 0. The average Bonchev–Trinajstić information content (AvgIpc) is 2.32. The molecule has 1 atom stereocenters. The molecule has 1 unspecified atom stereocenters. The van der Waals surface area contributed by atoms with Gasteiger partial charge in [-0.1, -0.05) is 6.08 Å². The minimum absolute atomic E-state index is 0.240. The standard InChI is InChI=1S/C9H10O3/c10-7-3-1-2-5-6(7)4-8(11)9(5)12/h2,8,10-11H,1,3-4H2. The summed E-state index contributed by atoms with van der Waals surface area (Å²) in [7, 11) is 0. The van der Waals surface area contributed by atoms with Gasteiger partial charge in [-0.25, -0.2) is 0 Å². The lowest BCUT2D eigenvalue weighted by Gasteiger charge is -2.09. The number of aliphatic hydroxyl groups is 2. The van der Waals surface area contributed by atoms with E-state index in [0.717, 1.165) is 0 Å². The number of fused-ring (bicyclic) bond motifs is 1. The third-order valence-electron chi connectivity index (χ3n) is 2.37. The summed E-state index contributed by atoms with van der Waals surface area (Å²) in [6.45, 7) is 0. The summed E-state index contributed by atoms with van der Waals surface area (Å²) >= 11 is 0. The van der Waals surface area contributed by atoms with Crippen molar-refractivity contribution in [3.05, 3.63) is 23.0 Å². The molecule has 1 saturated carbocycles. The zero-order chi connectivity index (χ0) is 8.72. The van der Waals surface area contributed by atoms with Gasteiger partial charge in [-0.3, -0.25) is 4.79 Å². The SMILES string of the molecule is O=C1C2=CCCC(O)=C2CC1O. The average molecular weight is 166 g/mol. The van der Waals surface area contributed by atoms with Gasteiger partial charge in [0.1, 0.15) is 6.10 Å². The Balaban J connectivity index is 2.46. The largest absolute Gasteiger partial charge is 0.512 e. The predicted molar refractivity (Wildman–Crippen MR) is 42.6 cm³/mol. The molecular formula is C9H10O3. The quantitative estimate of drug-likeness (QED) is 0.561. The van der Waals surface area contributed by atoms with Crippen molar-refractivity contribution >= 4 is 5.78 Å². The first-order valence-corrected chi connectivity index (χ1v) is 4.04. The molecule has 3 nitrogen and oxygen atoms in total. The molecule has 1 fully saturated rings. The molecule has 2 aliphatic carbocycles. The summed E-state index contributed by atoms with van der Waals surface area (Å²) in [6.07, 6.45) is 2.46. The van der Waals surface area contributed by atoms with Crippen molar-refractivity contribution in [1.82, 2.24) is 0 Å². The number of ketones is 1. The van der Waals surface area contributed by atoms with Crippen molar-refractivity contribution in [2.24, 2.45) is 0 Å². The van der Waals surface area contributed by atoms with E-state index in [1.165, 1.54) is 0 Å². The number of aliphatic hydroxyl groups excluding tert-OH is 2. The van der Waals surface area contributed by atoms with Crippen LogP contribution >= 0.6 is 0 Å². The molecule has 0 amide bonds. The van der Waals surface area contributed by atoms with Crippen LogP contribution in [0.25, 0.3) is 0 Å². The number of allylic oxidation sites excluding steroid dienone is 2. The smallest absolute Gasteiger partial charge is 0.191 e. The Bertz CT molecular complexity index is 299. The van der Waals surface area contributed by atoms with Gasteiger partial charge < -0.3 is 10.2 Å². The monoisotopic (exact) mass is 166 g/mol. The summed E-state index contributed by atoms with van der Waals surface area (Å²) in [5.41, 5.74) is 1.19. The molecule has 2 rings (SSSR count). The second kappa shape index (κ2) is 2.45. The van der Waals surface area contributed by atoms with Crippen LogP contribution in [0.3, 0.4) is 0 Å². The van der Waals surface area contributed by atoms with Gasteiger partial charge in [0.25, 0.3) is 0 Å². The molecule has 0 radical (unpaired) electrons. The summed E-state index contributed by atoms with van der Waals surface area (Å²) in [6, 6.07) is 0. The van der Waals surface area contributed by atoms with Gasteiger partial charge in [0.2, 0.25) is 0 Å². The van der Waals surface area contributed by atoms with Crippen LogP contribution in [0.5, 0.6) is 0 Å². The van der Waals surface area contributed by atoms with E-state index in [9.17, 15) is 15.0 Å². The molecule has 0 bridgehead atoms. The van der Waals surface area contributed by atoms with Crippen molar-refractivity contribution in [1.29, 1.82) is 0 Å². The summed E-state index contributed by atoms with van der Waals surface area (Å²) in [5.74, 6) is 0.0358. The predicted octanol–water partition coefficient (Wildman–Crippen LogP) is 0.852. The number of Topliss-reactive ketones (excluding diaryl/α,β-unsaturated/α-hetero) is 1.